The number of nitrogens with zero attached hydrogens (tertiary/aromatic N) is 6. The zero-order valence-corrected chi connectivity index (χ0v) is 17.0. The Balaban J connectivity index is 1.40. The van der Waals surface area contributed by atoms with E-state index in [0.29, 0.717) is 12.2 Å². The van der Waals surface area contributed by atoms with Crippen molar-refractivity contribution in [3.05, 3.63) is 36.3 Å². The van der Waals surface area contributed by atoms with Crippen molar-refractivity contribution >= 4 is 23.4 Å². The first-order valence-corrected chi connectivity index (χ1v) is 10.4. The normalized spacial score (nSPS) is 17.3. The summed E-state index contributed by atoms with van der Waals surface area (Å²) >= 11 is 0. The van der Waals surface area contributed by atoms with Crippen molar-refractivity contribution in [2.75, 3.05) is 60.6 Å². The molecule has 0 unspecified atom stereocenters. The Morgan fingerprint density at radius 1 is 0.862 bits per heavy atom. The first-order valence-electron chi connectivity index (χ1n) is 10.4. The Morgan fingerprint density at radius 2 is 1.48 bits per heavy atom. The second-order valence-electron chi connectivity index (χ2n) is 7.38. The van der Waals surface area contributed by atoms with E-state index in [1.54, 1.807) is 25.5 Å². The van der Waals surface area contributed by atoms with Gasteiger partial charge in [0.1, 0.15) is 23.8 Å². The number of rotatable bonds is 5. The fourth-order valence-electron chi connectivity index (χ4n) is 3.91. The van der Waals surface area contributed by atoms with Crippen LogP contribution in [0.4, 0.5) is 17.5 Å². The molecule has 2 fully saturated rings. The van der Waals surface area contributed by atoms with Gasteiger partial charge in [-0.05, 0) is 38.3 Å². The molecule has 4 rings (SSSR count). The maximum atomic E-state index is 11.8. The van der Waals surface area contributed by atoms with Crippen molar-refractivity contribution < 1.29 is 9.53 Å². The molecule has 0 atom stereocenters. The zero-order chi connectivity index (χ0) is 20.1. The molecule has 0 spiro atoms. The molecule has 2 aromatic heterocycles. The highest BCUT2D eigenvalue weighted by molar-refractivity contribution is 5.89. The number of carbonyl (C=O) groups is 1. The Hall–Kier alpha value is -2.90. The molecule has 2 aliphatic heterocycles. The van der Waals surface area contributed by atoms with Crippen LogP contribution in [0.5, 0.6) is 0 Å². The van der Waals surface area contributed by atoms with E-state index >= 15 is 0 Å². The molecule has 4 heterocycles. The Kier molecular flexibility index (Phi) is 6.07. The van der Waals surface area contributed by atoms with Crippen molar-refractivity contribution in [2.45, 2.75) is 26.2 Å². The van der Waals surface area contributed by atoms with Crippen LogP contribution in [0.15, 0.2) is 30.7 Å². The van der Waals surface area contributed by atoms with Crippen LogP contribution in [-0.4, -0.2) is 66.8 Å². The lowest BCUT2D eigenvalue weighted by Gasteiger charge is -2.24. The molecule has 0 radical (unpaired) electrons. The topological polar surface area (TPSA) is 74.7 Å². The average molecular weight is 396 g/mol. The third-order valence-electron chi connectivity index (χ3n) is 5.47. The molecule has 0 aliphatic carbocycles. The van der Waals surface area contributed by atoms with Crippen LogP contribution < -0.4 is 14.7 Å². The Bertz CT molecular complexity index is 822. The highest BCUT2D eigenvalue weighted by atomic mass is 16.5. The van der Waals surface area contributed by atoms with Crippen LogP contribution in [0.25, 0.3) is 0 Å². The summed E-state index contributed by atoms with van der Waals surface area (Å²) in [5.74, 6) is 2.59. The van der Waals surface area contributed by atoms with Gasteiger partial charge in [-0.1, -0.05) is 0 Å². The smallest absolute Gasteiger partial charge is 0.339 e. The maximum Gasteiger partial charge on any atom is 0.339 e. The fourth-order valence-corrected chi connectivity index (χ4v) is 3.91. The van der Waals surface area contributed by atoms with Gasteiger partial charge in [-0.3, -0.25) is 0 Å². The lowest BCUT2D eigenvalue weighted by Crippen LogP contribution is -2.32. The molecule has 0 aromatic carbocycles. The SMILES string of the molecule is CCOC(=O)c1ccc(N2CCCN(c3cc(N4CCCC4)ncn3)CC2)nc1. The molecule has 8 nitrogen and oxygen atoms in total. The van der Waals surface area contributed by atoms with Crippen molar-refractivity contribution in [3.8, 4) is 0 Å². The van der Waals surface area contributed by atoms with Crippen LogP contribution in [-0.2, 0) is 4.74 Å². The van der Waals surface area contributed by atoms with Crippen molar-refractivity contribution in [1.29, 1.82) is 0 Å². The Morgan fingerprint density at radius 3 is 2.10 bits per heavy atom. The van der Waals surface area contributed by atoms with Crippen LogP contribution in [0.3, 0.4) is 0 Å². The number of esters is 1. The molecule has 0 amide bonds. The number of anilines is 3. The monoisotopic (exact) mass is 396 g/mol. The summed E-state index contributed by atoms with van der Waals surface area (Å²) in [7, 11) is 0. The number of hydrogen-bond donors (Lipinski definition) is 0. The summed E-state index contributed by atoms with van der Waals surface area (Å²) in [5.41, 5.74) is 0.488. The minimum atomic E-state index is -0.328. The van der Waals surface area contributed by atoms with Gasteiger partial charge in [0.2, 0.25) is 0 Å². The number of pyridine rings is 1. The minimum absolute atomic E-state index is 0.328. The first kappa shape index (κ1) is 19.4. The van der Waals surface area contributed by atoms with E-state index in [9.17, 15) is 4.79 Å². The van der Waals surface area contributed by atoms with Crippen LogP contribution in [0.1, 0.15) is 36.5 Å². The zero-order valence-electron chi connectivity index (χ0n) is 17.0. The van der Waals surface area contributed by atoms with E-state index in [1.165, 1.54) is 12.8 Å². The highest BCUT2D eigenvalue weighted by Gasteiger charge is 2.20. The molecular formula is C21H28N6O2. The lowest BCUT2D eigenvalue weighted by atomic mass is 10.2. The minimum Gasteiger partial charge on any atom is -0.462 e. The van der Waals surface area contributed by atoms with Crippen LogP contribution in [0, 0.1) is 0 Å². The fraction of sp³-hybridized carbons (Fsp3) is 0.524. The molecule has 2 aromatic rings. The van der Waals surface area contributed by atoms with Gasteiger partial charge in [-0.15, -0.1) is 0 Å². The summed E-state index contributed by atoms with van der Waals surface area (Å²) in [6, 6.07) is 5.81. The summed E-state index contributed by atoms with van der Waals surface area (Å²) < 4.78 is 5.03. The summed E-state index contributed by atoms with van der Waals surface area (Å²) in [5, 5.41) is 0. The van der Waals surface area contributed by atoms with Crippen LogP contribution in [0.2, 0.25) is 0 Å². The highest BCUT2D eigenvalue weighted by Crippen LogP contribution is 2.23. The van der Waals surface area contributed by atoms with Gasteiger partial charge in [0.15, 0.2) is 0 Å². The standard InChI is InChI=1S/C21H28N6O2/c1-2-29-21(28)17-6-7-18(22-15-17)26-10-5-11-27(13-12-26)20-14-19(23-16-24-20)25-8-3-4-9-25/h6-7,14-16H,2-5,8-13H2,1H3. The van der Waals surface area contributed by atoms with E-state index in [2.05, 4.69) is 35.7 Å². The summed E-state index contributed by atoms with van der Waals surface area (Å²) in [6.07, 6.45) is 6.77. The Labute approximate surface area is 171 Å². The quantitative estimate of drug-likeness (QED) is 0.713. The number of ether oxygens (including phenoxy) is 1. The third-order valence-corrected chi connectivity index (χ3v) is 5.47. The molecule has 0 bridgehead atoms. The van der Waals surface area contributed by atoms with E-state index in [1.807, 2.05) is 6.07 Å². The van der Waals surface area contributed by atoms with Gasteiger partial charge in [0.05, 0.1) is 12.2 Å². The van der Waals surface area contributed by atoms with Crippen molar-refractivity contribution in [3.63, 3.8) is 0 Å². The third kappa shape index (κ3) is 4.58. The summed E-state index contributed by atoms with van der Waals surface area (Å²) in [6.45, 7) is 7.93. The van der Waals surface area contributed by atoms with Crippen molar-refractivity contribution in [2.24, 2.45) is 0 Å². The molecule has 154 valence electrons. The summed E-state index contributed by atoms with van der Waals surface area (Å²) in [4.78, 5) is 32.2. The predicted octanol–water partition coefficient (Wildman–Crippen LogP) is 2.37. The largest absolute Gasteiger partial charge is 0.462 e. The number of aromatic nitrogens is 3. The average Bonchev–Trinajstić information content (AvgIpc) is 3.19. The van der Waals surface area contributed by atoms with E-state index in [4.69, 9.17) is 4.74 Å². The predicted molar refractivity (Wildman–Crippen MR) is 113 cm³/mol. The number of hydrogen-bond acceptors (Lipinski definition) is 8. The van der Waals surface area contributed by atoms with Gasteiger partial charge < -0.3 is 19.4 Å². The molecule has 0 saturated carbocycles. The molecule has 8 heteroatoms. The van der Waals surface area contributed by atoms with Gasteiger partial charge in [-0.25, -0.2) is 19.7 Å². The van der Waals surface area contributed by atoms with Crippen LogP contribution >= 0.6 is 0 Å². The van der Waals surface area contributed by atoms with E-state index in [-0.39, 0.29) is 5.97 Å². The molecular weight excluding hydrogens is 368 g/mol. The second-order valence-corrected chi connectivity index (χ2v) is 7.38. The number of carbonyl (C=O) groups excluding carboxylic acids is 1. The van der Waals surface area contributed by atoms with Gasteiger partial charge in [0.25, 0.3) is 0 Å². The molecule has 29 heavy (non-hydrogen) atoms. The van der Waals surface area contributed by atoms with Gasteiger partial charge >= 0.3 is 5.97 Å². The van der Waals surface area contributed by atoms with Gasteiger partial charge in [-0.2, -0.15) is 0 Å². The first-order chi connectivity index (χ1) is 14.2. The van der Waals surface area contributed by atoms with Crippen molar-refractivity contribution in [1.82, 2.24) is 15.0 Å². The molecule has 2 aliphatic rings. The molecule has 0 N–H and O–H groups in total. The van der Waals surface area contributed by atoms with E-state index < -0.39 is 0 Å². The molecule has 2 saturated heterocycles. The maximum absolute atomic E-state index is 11.8. The van der Waals surface area contributed by atoms with E-state index in [0.717, 1.165) is 63.1 Å². The lowest BCUT2D eigenvalue weighted by molar-refractivity contribution is 0.0526. The second kappa shape index (κ2) is 9.07. The van der Waals surface area contributed by atoms with Gasteiger partial charge in [0, 0.05) is 51.5 Å².